The molecule has 0 aliphatic rings. The van der Waals surface area contributed by atoms with Crippen LogP contribution in [0.3, 0.4) is 0 Å². The number of rotatable bonds is 4. The summed E-state index contributed by atoms with van der Waals surface area (Å²) in [5.41, 5.74) is 0.552. The van der Waals surface area contributed by atoms with Gasteiger partial charge in [-0.2, -0.15) is 0 Å². The first-order valence-electron chi connectivity index (χ1n) is 5.21. The van der Waals surface area contributed by atoms with E-state index in [4.69, 9.17) is 9.47 Å². The zero-order valence-corrected chi connectivity index (χ0v) is 10.2. The molecule has 0 heterocycles. The lowest BCUT2D eigenvalue weighted by Gasteiger charge is -2.21. The van der Waals surface area contributed by atoms with E-state index in [2.05, 4.69) is 0 Å². The Morgan fingerprint density at radius 3 is 2.56 bits per heavy atom. The zero-order valence-electron chi connectivity index (χ0n) is 10.2. The van der Waals surface area contributed by atoms with E-state index in [0.29, 0.717) is 6.42 Å². The fourth-order valence-electron chi connectivity index (χ4n) is 1.64. The van der Waals surface area contributed by atoms with Crippen molar-refractivity contribution < 1.29 is 14.3 Å². The number of benzene rings is 1. The Hall–Kier alpha value is -1.51. The second kappa shape index (κ2) is 5.01. The second-order valence-electron chi connectivity index (χ2n) is 4.40. The Labute approximate surface area is 96.4 Å². The van der Waals surface area contributed by atoms with E-state index in [1.54, 1.807) is 7.11 Å². The minimum absolute atomic E-state index is 0.199. The summed E-state index contributed by atoms with van der Waals surface area (Å²) in [6.07, 6.45) is 0.636. The van der Waals surface area contributed by atoms with Crippen LogP contribution in [0.5, 0.6) is 5.75 Å². The van der Waals surface area contributed by atoms with Gasteiger partial charge in [0, 0.05) is 0 Å². The lowest BCUT2D eigenvalue weighted by atomic mass is 9.86. The van der Waals surface area contributed by atoms with Crippen LogP contribution in [0.4, 0.5) is 0 Å². The first kappa shape index (κ1) is 12.6. The molecule has 1 aromatic carbocycles. The normalized spacial score (nSPS) is 11.0. The van der Waals surface area contributed by atoms with Crippen LogP contribution in [-0.2, 0) is 16.0 Å². The highest BCUT2D eigenvalue weighted by Crippen LogP contribution is 2.25. The van der Waals surface area contributed by atoms with Crippen molar-refractivity contribution in [3.63, 3.8) is 0 Å². The van der Waals surface area contributed by atoms with E-state index in [1.165, 1.54) is 7.11 Å². The molecule has 1 rings (SSSR count). The minimum atomic E-state index is -0.513. The molecule has 0 saturated carbocycles. The Kier molecular flexibility index (Phi) is 3.93. The topological polar surface area (TPSA) is 35.5 Å². The molecule has 88 valence electrons. The van der Waals surface area contributed by atoms with E-state index in [-0.39, 0.29) is 5.97 Å². The molecule has 0 spiro atoms. The van der Waals surface area contributed by atoms with Crippen molar-refractivity contribution >= 4 is 5.97 Å². The highest BCUT2D eigenvalue weighted by atomic mass is 16.5. The average molecular weight is 222 g/mol. The molecule has 0 aliphatic carbocycles. The molecule has 0 unspecified atom stereocenters. The Morgan fingerprint density at radius 1 is 1.31 bits per heavy atom. The molecule has 0 atom stereocenters. The van der Waals surface area contributed by atoms with Gasteiger partial charge < -0.3 is 9.47 Å². The molecule has 3 nitrogen and oxygen atoms in total. The first-order valence-corrected chi connectivity index (χ1v) is 5.21. The number of methoxy groups -OCH3 is 2. The minimum Gasteiger partial charge on any atom is -0.497 e. The number of hydrogen-bond acceptors (Lipinski definition) is 3. The number of ether oxygens (including phenoxy) is 2. The van der Waals surface area contributed by atoms with Crippen molar-refractivity contribution in [1.29, 1.82) is 0 Å². The largest absolute Gasteiger partial charge is 0.497 e. The number of carbonyl (C=O) groups is 1. The van der Waals surface area contributed by atoms with Crippen LogP contribution in [0.2, 0.25) is 0 Å². The maximum absolute atomic E-state index is 11.5. The van der Waals surface area contributed by atoms with Gasteiger partial charge in [-0.3, -0.25) is 4.79 Å². The molecule has 0 N–H and O–H groups in total. The Morgan fingerprint density at radius 2 is 2.00 bits per heavy atom. The summed E-state index contributed by atoms with van der Waals surface area (Å²) in [5.74, 6) is 0.605. The van der Waals surface area contributed by atoms with E-state index in [1.807, 2.05) is 38.1 Å². The van der Waals surface area contributed by atoms with Gasteiger partial charge in [0.2, 0.25) is 0 Å². The van der Waals surface area contributed by atoms with Crippen LogP contribution in [0.25, 0.3) is 0 Å². The molecule has 0 amide bonds. The molecule has 0 aliphatic heterocycles. The lowest BCUT2D eigenvalue weighted by molar-refractivity contribution is -0.150. The summed E-state index contributed by atoms with van der Waals surface area (Å²) in [4.78, 5) is 11.5. The van der Waals surface area contributed by atoms with Gasteiger partial charge in [0.25, 0.3) is 0 Å². The van der Waals surface area contributed by atoms with Crippen LogP contribution in [-0.4, -0.2) is 20.2 Å². The maximum atomic E-state index is 11.5. The van der Waals surface area contributed by atoms with Crippen molar-refractivity contribution in [2.45, 2.75) is 20.3 Å². The zero-order chi connectivity index (χ0) is 12.2. The smallest absolute Gasteiger partial charge is 0.311 e. The van der Waals surface area contributed by atoms with E-state index in [9.17, 15) is 4.79 Å². The predicted octanol–water partition coefficient (Wildman–Crippen LogP) is 2.44. The summed E-state index contributed by atoms with van der Waals surface area (Å²) in [6, 6.07) is 7.72. The maximum Gasteiger partial charge on any atom is 0.311 e. The van der Waals surface area contributed by atoms with Crippen molar-refractivity contribution in [3.05, 3.63) is 29.8 Å². The van der Waals surface area contributed by atoms with E-state index in [0.717, 1.165) is 11.3 Å². The van der Waals surface area contributed by atoms with Gasteiger partial charge in [-0.05, 0) is 38.0 Å². The van der Waals surface area contributed by atoms with Crippen LogP contribution < -0.4 is 4.74 Å². The fraction of sp³-hybridized carbons (Fsp3) is 0.462. The van der Waals surface area contributed by atoms with Gasteiger partial charge in [0.1, 0.15) is 5.75 Å². The summed E-state index contributed by atoms with van der Waals surface area (Å²) < 4.78 is 9.91. The Balaban J connectivity index is 2.83. The Bertz CT molecular complexity index is 369. The number of esters is 1. The third kappa shape index (κ3) is 2.99. The number of hydrogen-bond donors (Lipinski definition) is 0. The van der Waals surface area contributed by atoms with Crippen molar-refractivity contribution in [2.75, 3.05) is 14.2 Å². The van der Waals surface area contributed by atoms with Gasteiger partial charge in [-0.15, -0.1) is 0 Å². The predicted molar refractivity (Wildman–Crippen MR) is 62.5 cm³/mol. The highest BCUT2D eigenvalue weighted by molar-refractivity contribution is 5.76. The van der Waals surface area contributed by atoms with Crippen molar-refractivity contribution in [1.82, 2.24) is 0 Å². The van der Waals surface area contributed by atoms with E-state index >= 15 is 0 Å². The molecule has 1 aromatic rings. The SMILES string of the molecule is COC(=O)C(C)(C)Cc1cccc(OC)c1. The number of carbonyl (C=O) groups excluding carboxylic acids is 1. The van der Waals surface area contributed by atoms with Crippen LogP contribution in [0.15, 0.2) is 24.3 Å². The van der Waals surface area contributed by atoms with Gasteiger partial charge >= 0.3 is 5.97 Å². The fourth-order valence-corrected chi connectivity index (χ4v) is 1.64. The van der Waals surface area contributed by atoms with E-state index < -0.39 is 5.41 Å². The third-order valence-electron chi connectivity index (χ3n) is 2.52. The molecular formula is C13H18O3. The molecule has 3 heteroatoms. The molecule has 0 fully saturated rings. The standard InChI is InChI=1S/C13H18O3/c1-13(2,12(14)16-4)9-10-6-5-7-11(8-10)15-3/h5-8H,9H2,1-4H3. The van der Waals surface area contributed by atoms with Crippen LogP contribution in [0, 0.1) is 5.41 Å². The average Bonchev–Trinajstić information content (AvgIpc) is 2.27. The first-order chi connectivity index (χ1) is 7.49. The molecular weight excluding hydrogens is 204 g/mol. The molecule has 16 heavy (non-hydrogen) atoms. The van der Waals surface area contributed by atoms with Crippen LogP contribution in [0.1, 0.15) is 19.4 Å². The van der Waals surface area contributed by atoms with Gasteiger partial charge in [-0.1, -0.05) is 12.1 Å². The summed E-state index contributed by atoms with van der Waals surface area (Å²) in [7, 11) is 3.04. The summed E-state index contributed by atoms with van der Waals surface area (Å²) in [6.45, 7) is 3.75. The highest BCUT2D eigenvalue weighted by Gasteiger charge is 2.28. The van der Waals surface area contributed by atoms with Crippen LogP contribution >= 0.6 is 0 Å². The third-order valence-corrected chi connectivity index (χ3v) is 2.52. The quantitative estimate of drug-likeness (QED) is 0.734. The summed E-state index contributed by atoms with van der Waals surface area (Å²) in [5, 5.41) is 0. The van der Waals surface area contributed by atoms with Gasteiger partial charge in [0.15, 0.2) is 0 Å². The second-order valence-corrected chi connectivity index (χ2v) is 4.40. The van der Waals surface area contributed by atoms with Gasteiger partial charge in [0.05, 0.1) is 19.6 Å². The molecule has 0 saturated heterocycles. The van der Waals surface area contributed by atoms with Crippen molar-refractivity contribution in [3.8, 4) is 5.75 Å². The molecule has 0 radical (unpaired) electrons. The lowest BCUT2D eigenvalue weighted by Crippen LogP contribution is -2.27. The summed E-state index contributed by atoms with van der Waals surface area (Å²) >= 11 is 0. The molecule has 0 aromatic heterocycles. The van der Waals surface area contributed by atoms with Crippen molar-refractivity contribution in [2.24, 2.45) is 5.41 Å². The van der Waals surface area contributed by atoms with Gasteiger partial charge in [-0.25, -0.2) is 0 Å². The molecule has 0 bridgehead atoms. The monoisotopic (exact) mass is 222 g/mol.